The average molecular weight is 1340 g/mol. The highest BCUT2D eigenvalue weighted by molar-refractivity contribution is 6.00. The van der Waals surface area contributed by atoms with Crippen LogP contribution in [0.25, 0.3) is 0 Å². The lowest BCUT2D eigenvalue weighted by Gasteiger charge is -2.41. The molecule has 2 aliphatic rings. The van der Waals surface area contributed by atoms with Gasteiger partial charge in [0.25, 0.3) is 0 Å². The minimum atomic E-state index is -1.62. The smallest absolute Gasteiger partial charge is 0.246 e. The molecular weight excluding hydrogens is 1210 g/mol. The number of ketones is 3. The zero-order valence-corrected chi connectivity index (χ0v) is 63.1. The largest absolute Gasteiger partial charge is 0.390 e. The third-order valence-corrected chi connectivity index (χ3v) is 19.9. The van der Waals surface area contributed by atoms with Crippen LogP contribution in [0.1, 0.15) is 169 Å². The molecule has 14 atom stereocenters. The van der Waals surface area contributed by atoms with Crippen molar-refractivity contribution in [1.82, 2.24) is 49.4 Å². The van der Waals surface area contributed by atoms with Crippen molar-refractivity contribution in [2.75, 3.05) is 102 Å². The molecule has 2 aliphatic heterocycles. The van der Waals surface area contributed by atoms with E-state index in [0.717, 1.165) is 24.5 Å². The Hall–Kier alpha value is -5.65. The number of nitrogens with zero attached hydrogens (tertiary/aromatic N) is 9. The highest BCUT2D eigenvalue weighted by Gasteiger charge is 2.47. The number of nitrogens with one attached hydrogen (secondary N) is 1. The van der Waals surface area contributed by atoms with E-state index in [-0.39, 0.29) is 74.3 Å². The average Bonchev–Trinajstić information content (AvgIpc) is 0.825. The molecule has 2 N–H and O–H groups in total. The van der Waals surface area contributed by atoms with Gasteiger partial charge in [-0.25, -0.2) is 0 Å². The van der Waals surface area contributed by atoms with E-state index in [0.29, 0.717) is 32.7 Å². The van der Waals surface area contributed by atoms with Crippen LogP contribution in [-0.2, 0) is 57.5 Å². The molecule has 23 heteroatoms. The molecule has 2 saturated heterocycles. The summed E-state index contributed by atoms with van der Waals surface area (Å²) in [6.07, 6.45) is 2.29. The molecule has 0 saturated carbocycles. The number of aliphatic hydroxyl groups is 1. The molecule has 2 fully saturated rings. The lowest BCUT2D eigenvalue weighted by atomic mass is 9.83. The number of allylic oxidation sites excluding steroid dienone is 2. The van der Waals surface area contributed by atoms with Crippen molar-refractivity contribution < 1.29 is 62.6 Å². The maximum absolute atomic E-state index is 15.4. The number of Topliss-reactive ketones (excluding diaryl/α,β-unsaturated/α-hetero) is 3. The summed E-state index contributed by atoms with van der Waals surface area (Å²) < 4.78 is 5.33. The summed E-state index contributed by atoms with van der Waals surface area (Å²) in [5, 5.41) is 15.1. The van der Waals surface area contributed by atoms with E-state index in [1.807, 2.05) is 75.3 Å². The highest BCUT2D eigenvalue weighted by Crippen LogP contribution is 2.30. The van der Waals surface area contributed by atoms with Crippen molar-refractivity contribution in [3.05, 3.63) is 12.2 Å². The summed E-state index contributed by atoms with van der Waals surface area (Å²) in [5.74, 6) is -11.2. The van der Waals surface area contributed by atoms with E-state index in [1.165, 1.54) is 78.6 Å². The second kappa shape index (κ2) is 39.7. The first-order chi connectivity index (χ1) is 44.1. The Bertz CT molecular complexity index is 2590. The van der Waals surface area contributed by atoms with E-state index >= 15 is 33.6 Å². The Balaban J connectivity index is 3.05. The first kappa shape index (κ1) is 85.4. The van der Waals surface area contributed by atoms with Gasteiger partial charge in [0, 0.05) is 133 Å². The van der Waals surface area contributed by atoms with E-state index in [9.17, 15) is 24.3 Å². The zero-order chi connectivity index (χ0) is 73.0. The predicted molar refractivity (Wildman–Crippen MR) is 371 cm³/mol. The van der Waals surface area contributed by atoms with E-state index in [4.69, 9.17) is 4.74 Å². The first-order valence-electron chi connectivity index (χ1n) is 35.1. The van der Waals surface area contributed by atoms with Crippen LogP contribution in [0.2, 0.25) is 0 Å². The summed E-state index contributed by atoms with van der Waals surface area (Å²) in [4.78, 5) is 178. The minimum absolute atomic E-state index is 0.0212. The highest BCUT2D eigenvalue weighted by atomic mass is 16.5. The second-order valence-electron chi connectivity index (χ2n) is 29.9. The number of carbonyl (C=O) groups excluding carboxylic acids is 11. The van der Waals surface area contributed by atoms with Crippen molar-refractivity contribution >= 4 is 64.6 Å². The van der Waals surface area contributed by atoms with Crippen LogP contribution in [0, 0.1) is 59.2 Å². The molecule has 0 aromatic carbocycles. The van der Waals surface area contributed by atoms with E-state index < -0.39 is 149 Å². The Labute approximate surface area is 571 Å². The standard InChI is InChI=1S/C72H128N10O13/c1-26-28-29-48(13)64(86)63-65(87)73-54(27-2)69(91)74(18)52(17)67(89)79(23)62(51(16)42-82-32-30-81(31-33-82)34-35-95-25)60(85)41-53(46(9)10)68(90)75(19)55(36-43(3)4)59(84)39-49(14)58(83)40-50(15)66(88)76(20)56(37-44(5)6)70(92)77(21)57(38-45(7)8)71(93)78(22)61(47(11)12)72(94)80(63)24/h26,28,43-57,61-64,86H,27,29-42H2,1-25H3,(H,73,87)/b28-26+/t48-,49-,50+,51+,52-,53+,54+,55+,56+,57+,61+,62+,63+,64-/m1/s1. The Morgan fingerprint density at radius 2 is 0.968 bits per heavy atom. The molecule has 0 radical (unpaired) electrons. The fourth-order valence-corrected chi connectivity index (χ4v) is 13.5. The molecule has 0 spiro atoms. The van der Waals surface area contributed by atoms with Crippen molar-refractivity contribution in [1.29, 1.82) is 0 Å². The first-order valence-corrected chi connectivity index (χ1v) is 35.1. The van der Waals surface area contributed by atoms with Gasteiger partial charge in [0.2, 0.25) is 47.3 Å². The van der Waals surface area contributed by atoms with Crippen LogP contribution in [0.15, 0.2) is 12.2 Å². The Kier molecular flexibility index (Phi) is 35.7. The third-order valence-electron chi connectivity index (χ3n) is 19.9. The van der Waals surface area contributed by atoms with Gasteiger partial charge < -0.3 is 54.4 Å². The maximum atomic E-state index is 15.4. The molecule has 544 valence electrons. The number of hydrogen-bond donors (Lipinski definition) is 2. The van der Waals surface area contributed by atoms with Crippen LogP contribution in [0.4, 0.5) is 0 Å². The zero-order valence-electron chi connectivity index (χ0n) is 63.1. The fraction of sp³-hybridized carbons (Fsp3) is 0.819. The van der Waals surface area contributed by atoms with Gasteiger partial charge in [-0.2, -0.15) is 0 Å². The Morgan fingerprint density at radius 1 is 0.505 bits per heavy atom. The summed E-state index contributed by atoms with van der Waals surface area (Å²) in [6.45, 7) is 35.1. The third kappa shape index (κ3) is 23.8. The number of methoxy groups -OCH3 is 1. The molecule has 0 aromatic rings. The topological polar surface area (TPSA) is 258 Å². The maximum Gasteiger partial charge on any atom is 0.246 e. The summed E-state index contributed by atoms with van der Waals surface area (Å²) in [5.41, 5.74) is 0. The molecule has 2 heterocycles. The summed E-state index contributed by atoms with van der Waals surface area (Å²) in [7, 11) is 12.0. The van der Waals surface area contributed by atoms with E-state index in [1.54, 1.807) is 61.8 Å². The van der Waals surface area contributed by atoms with Crippen LogP contribution in [0.5, 0.6) is 0 Å². The predicted octanol–water partition coefficient (Wildman–Crippen LogP) is 5.78. The van der Waals surface area contributed by atoms with Gasteiger partial charge >= 0.3 is 0 Å². The van der Waals surface area contributed by atoms with Crippen molar-refractivity contribution in [2.24, 2.45) is 59.2 Å². The van der Waals surface area contributed by atoms with Crippen LogP contribution in [0.3, 0.4) is 0 Å². The SMILES string of the molecule is C/C=C/C[C@@H](C)[C@@H](O)[C@H]1C(=O)N[C@@H](CC)C(=O)N(C)[C@H](C)C(=O)N(C)[C@@H]([C@@H](C)CN2CCN(CCOC)CC2)C(=O)C[C@@H](C(C)C)C(=O)N(C)[C@@H](CC(C)C)C(=O)C[C@@H](C)C(=O)C[C@H](C)C(=O)N(C)[C@@H](CC(C)C)C(=O)N(C)[C@@H](CC(C)C)C(=O)N(C)[C@@H](C(C)C)C(=O)N1C. The van der Waals surface area contributed by atoms with Gasteiger partial charge in [-0.05, 0) is 87.4 Å². The van der Waals surface area contributed by atoms with Gasteiger partial charge in [-0.3, -0.25) is 57.6 Å². The molecule has 0 aromatic heterocycles. The number of piperazine rings is 1. The fourth-order valence-electron chi connectivity index (χ4n) is 13.5. The lowest BCUT2D eigenvalue weighted by Crippen LogP contribution is -2.63. The van der Waals surface area contributed by atoms with Crippen LogP contribution >= 0.6 is 0 Å². The second-order valence-corrected chi connectivity index (χ2v) is 29.9. The van der Waals surface area contributed by atoms with Gasteiger partial charge in [0.05, 0.1) is 24.8 Å². The number of carbonyl (C=O) groups is 11. The molecule has 2 rings (SSSR count). The number of aliphatic hydroxyl groups excluding tert-OH is 1. The molecular formula is C72H128N10O13. The van der Waals surface area contributed by atoms with Crippen molar-refractivity contribution in [3.63, 3.8) is 0 Å². The monoisotopic (exact) mass is 1340 g/mol. The number of ether oxygens (including phenoxy) is 1. The summed E-state index contributed by atoms with van der Waals surface area (Å²) >= 11 is 0. The van der Waals surface area contributed by atoms with E-state index in [2.05, 4.69) is 15.1 Å². The van der Waals surface area contributed by atoms with Crippen LogP contribution in [-0.4, -0.2) is 271 Å². The van der Waals surface area contributed by atoms with Crippen molar-refractivity contribution in [3.8, 4) is 0 Å². The lowest BCUT2D eigenvalue weighted by molar-refractivity contribution is -0.157. The number of likely N-dealkylation sites (N-methyl/N-ethyl adjacent to an activating group) is 7. The quantitative estimate of drug-likeness (QED) is 0.145. The van der Waals surface area contributed by atoms with Gasteiger partial charge in [-0.1, -0.05) is 116 Å². The number of amides is 8. The molecule has 0 unspecified atom stereocenters. The summed E-state index contributed by atoms with van der Waals surface area (Å²) in [6, 6.07) is -9.67. The van der Waals surface area contributed by atoms with Crippen molar-refractivity contribution in [2.45, 2.75) is 224 Å². The molecule has 95 heavy (non-hydrogen) atoms. The van der Waals surface area contributed by atoms with Gasteiger partial charge in [0.15, 0.2) is 11.6 Å². The normalized spacial score (nSPS) is 28.1. The Morgan fingerprint density at radius 3 is 1.45 bits per heavy atom. The molecule has 8 amide bonds. The number of rotatable bonds is 19. The molecule has 23 nitrogen and oxygen atoms in total. The molecule has 0 bridgehead atoms. The molecule has 0 aliphatic carbocycles. The number of hydrogen-bond acceptors (Lipinski definition) is 15. The minimum Gasteiger partial charge on any atom is -0.390 e. The van der Waals surface area contributed by atoms with Gasteiger partial charge in [0.1, 0.15) is 42.0 Å². The van der Waals surface area contributed by atoms with Crippen LogP contribution < -0.4 is 5.32 Å². The van der Waals surface area contributed by atoms with Gasteiger partial charge in [-0.15, -0.1) is 0 Å².